The van der Waals surface area contributed by atoms with Gasteiger partial charge in [-0.3, -0.25) is 0 Å². The molecule has 0 radical (unpaired) electrons. The van der Waals surface area contributed by atoms with Crippen LogP contribution in [0.3, 0.4) is 0 Å². The lowest BCUT2D eigenvalue weighted by atomic mass is 10.0. The quantitative estimate of drug-likeness (QED) is 0.772. The van der Waals surface area contributed by atoms with Gasteiger partial charge < -0.3 is 5.11 Å². The van der Waals surface area contributed by atoms with Gasteiger partial charge in [-0.15, -0.1) is 0 Å². The molecule has 0 aromatic heterocycles. The molecular formula is C11H13ClO. The van der Waals surface area contributed by atoms with Crippen LogP contribution in [0, 0.1) is 5.41 Å². The number of benzene rings is 1. The molecule has 1 fully saturated rings. The van der Waals surface area contributed by atoms with Gasteiger partial charge in [0.05, 0.1) is 0 Å². The van der Waals surface area contributed by atoms with Crippen LogP contribution in [-0.4, -0.2) is 11.7 Å². The molecule has 0 heterocycles. The van der Waals surface area contributed by atoms with Crippen molar-refractivity contribution >= 4 is 11.6 Å². The molecule has 2 rings (SSSR count). The van der Waals surface area contributed by atoms with E-state index in [-0.39, 0.29) is 12.0 Å². The Labute approximate surface area is 83.3 Å². The molecule has 2 atom stereocenters. The Bertz CT molecular complexity index is 306. The van der Waals surface area contributed by atoms with Crippen molar-refractivity contribution in [2.24, 2.45) is 5.41 Å². The summed E-state index contributed by atoms with van der Waals surface area (Å²) in [5.74, 6) is 0.523. The number of rotatable bonds is 2. The standard InChI is InChI=1S/C11H13ClO/c1-11(7-13)6-10(11)8-2-4-9(12)5-3-8/h2-5,10,13H,6-7H2,1H3. The molecule has 1 aliphatic rings. The topological polar surface area (TPSA) is 20.2 Å². The Kier molecular flexibility index (Phi) is 2.09. The molecule has 0 aliphatic heterocycles. The van der Waals surface area contributed by atoms with Gasteiger partial charge >= 0.3 is 0 Å². The average molecular weight is 197 g/mol. The molecule has 1 aromatic carbocycles. The summed E-state index contributed by atoms with van der Waals surface area (Å²) in [6, 6.07) is 7.92. The summed E-state index contributed by atoms with van der Waals surface area (Å²) in [6.07, 6.45) is 1.09. The Balaban J connectivity index is 2.16. The van der Waals surface area contributed by atoms with Crippen molar-refractivity contribution in [3.63, 3.8) is 0 Å². The van der Waals surface area contributed by atoms with Crippen LogP contribution < -0.4 is 0 Å². The van der Waals surface area contributed by atoms with Crippen LogP contribution in [0.4, 0.5) is 0 Å². The molecule has 1 aromatic rings. The molecule has 1 N–H and O–H groups in total. The molecule has 0 bridgehead atoms. The average Bonchev–Trinajstić information content (AvgIpc) is 2.81. The van der Waals surface area contributed by atoms with E-state index in [1.807, 2.05) is 24.3 Å². The third-order valence-corrected chi connectivity index (χ3v) is 3.24. The first-order valence-corrected chi connectivity index (χ1v) is 4.90. The first kappa shape index (κ1) is 9.04. The van der Waals surface area contributed by atoms with E-state index < -0.39 is 0 Å². The fourth-order valence-corrected chi connectivity index (χ4v) is 1.92. The van der Waals surface area contributed by atoms with E-state index in [0.29, 0.717) is 5.92 Å². The zero-order valence-corrected chi connectivity index (χ0v) is 8.38. The second kappa shape index (κ2) is 3.00. The van der Waals surface area contributed by atoms with Crippen molar-refractivity contribution in [3.8, 4) is 0 Å². The molecule has 13 heavy (non-hydrogen) atoms. The maximum atomic E-state index is 9.13. The SMILES string of the molecule is CC1(CO)CC1c1ccc(Cl)cc1. The van der Waals surface area contributed by atoms with Gasteiger partial charge in [0.1, 0.15) is 0 Å². The summed E-state index contributed by atoms with van der Waals surface area (Å²) in [6.45, 7) is 2.40. The first-order valence-electron chi connectivity index (χ1n) is 4.52. The third kappa shape index (κ3) is 1.59. The van der Waals surface area contributed by atoms with Gasteiger partial charge in [0.25, 0.3) is 0 Å². The number of hydrogen-bond acceptors (Lipinski definition) is 1. The summed E-state index contributed by atoms with van der Waals surface area (Å²) < 4.78 is 0. The molecule has 0 spiro atoms. The summed E-state index contributed by atoms with van der Waals surface area (Å²) >= 11 is 5.79. The number of aliphatic hydroxyl groups is 1. The normalized spacial score (nSPS) is 31.8. The van der Waals surface area contributed by atoms with Gasteiger partial charge in [0.15, 0.2) is 0 Å². The molecule has 2 unspecified atom stereocenters. The lowest BCUT2D eigenvalue weighted by Crippen LogP contribution is -2.02. The predicted molar refractivity (Wildman–Crippen MR) is 54.0 cm³/mol. The van der Waals surface area contributed by atoms with Gasteiger partial charge in [0.2, 0.25) is 0 Å². The van der Waals surface area contributed by atoms with Crippen LogP contribution >= 0.6 is 11.6 Å². The zero-order chi connectivity index (χ0) is 9.47. The maximum Gasteiger partial charge on any atom is 0.0490 e. The largest absolute Gasteiger partial charge is 0.396 e. The highest BCUT2D eigenvalue weighted by molar-refractivity contribution is 6.30. The van der Waals surface area contributed by atoms with E-state index in [2.05, 4.69) is 6.92 Å². The van der Waals surface area contributed by atoms with E-state index in [9.17, 15) is 0 Å². The van der Waals surface area contributed by atoms with Crippen LogP contribution in [0.2, 0.25) is 5.02 Å². The molecule has 1 nitrogen and oxygen atoms in total. The maximum absolute atomic E-state index is 9.13. The number of aliphatic hydroxyl groups excluding tert-OH is 1. The lowest BCUT2D eigenvalue weighted by Gasteiger charge is -2.06. The Hall–Kier alpha value is -0.530. The highest BCUT2D eigenvalue weighted by Gasteiger charge is 2.50. The van der Waals surface area contributed by atoms with Gasteiger partial charge in [0, 0.05) is 11.6 Å². The van der Waals surface area contributed by atoms with Gasteiger partial charge in [-0.25, -0.2) is 0 Å². The number of halogens is 1. The van der Waals surface area contributed by atoms with E-state index in [1.165, 1.54) is 5.56 Å². The van der Waals surface area contributed by atoms with Crippen LogP contribution in [-0.2, 0) is 0 Å². The molecular weight excluding hydrogens is 184 g/mol. The predicted octanol–water partition coefficient (Wildman–Crippen LogP) is 2.83. The van der Waals surface area contributed by atoms with Gasteiger partial charge in [-0.05, 0) is 35.4 Å². The molecule has 1 aliphatic carbocycles. The minimum absolute atomic E-state index is 0.119. The van der Waals surface area contributed by atoms with Crippen molar-refractivity contribution in [2.75, 3.05) is 6.61 Å². The summed E-state index contributed by atoms with van der Waals surface area (Å²) in [7, 11) is 0. The second-order valence-electron chi connectivity index (χ2n) is 4.12. The first-order chi connectivity index (χ1) is 6.15. The lowest BCUT2D eigenvalue weighted by molar-refractivity contribution is 0.220. The summed E-state index contributed by atoms with van der Waals surface area (Å²) in [4.78, 5) is 0. The van der Waals surface area contributed by atoms with Crippen LogP contribution in [0.25, 0.3) is 0 Å². The fraction of sp³-hybridized carbons (Fsp3) is 0.455. The molecule has 0 amide bonds. The smallest absolute Gasteiger partial charge is 0.0490 e. The third-order valence-electron chi connectivity index (χ3n) is 2.99. The van der Waals surface area contributed by atoms with Crippen molar-refractivity contribution in [2.45, 2.75) is 19.3 Å². The van der Waals surface area contributed by atoms with Crippen molar-refractivity contribution in [1.82, 2.24) is 0 Å². The van der Waals surface area contributed by atoms with E-state index in [0.717, 1.165) is 11.4 Å². The monoisotopic (exact) mass is 196 g/mol. The highest BCUT2D eigenvalue weighted by atomic mass is 35.5. The van der Waals surface area contributed by atoms with Crippen molar-refractivity contribution in [3.05, 3.63) is 34.9 Å². The van der Waals surface area contributed by atoms with Gasteiger partial charge in [-0.1, -0.05) is 30.7 Å². The van der Waals surface area contributed by atoms with E-state index in [1.54, 1.807) is 0 Å². The van der Waals surface area contributed by atoms with Gasteiger partial charge in [-0.2, -0.15) is 0 Å². The van der Waals surface area contributed by atoms with Crippen molar-refractivity contribution in [1.29, 1.82) is 0 Å². The Morgan fingerprint density at radius 2 is 2.08 bits per heavy atom. The highest BCUT2D eigenvalue weighted by Crippen LogP contribution is 2.58. The summed E-state index contributed by atoms with van der Waals surface area (Å²) in [5.41, 5.74) is 1.41. The van der Waals surface area contributed by atoms with E-state index >= 15 is 0 Å². The van der Waals surface area contributed by atoms with Crippen LogP contribution in [0.5, 0.6) is 0 Å². The summed E-state index contributed by atoms with van der Waals surface area (Å²) in [5, 5.41) is 9.90. The van der Waals surface area contributed by atoms with Crippen LogP contribution in [0.15, 0.2) is 24.3 Å². The minimum atomic E-state index is 0.119. The molecule has 0 saturated heterocycles. The molecule has 2 heteroatoms. The van der Waals surface area contributed by atoms with Crippen LogP contribution in [0.1, 0.15) is 24.8 Å². The zero-order valence-electron chi connectivity index (χ0n) is 7.63. The Morgan fingerprint density at radius 1 is 1.46 bits per heavy atom. The Morgan fingerprint density at radius 3 is 2.54 bits per heavy atom. The molecule has 1 saturated carbocycles. The minimum Gasteiger partial charge on any atom is -0.396 e. The molecule has 70 valence electrons. The second-order valence-corrected chi connectivity index (χ2v) is 4.56. The number of hydrogen-bond donors (Lipinski definition) is 1. The van der Waals surface area contributed by atoms with Crippen molar-refractivity contribution < 1.29 is 5.11 Å². The fourth-order valence-electron chi connectivity index (χ4n) is 1.80. The van der Waals surface area contributed by atoms with E-state index in [4.69, 9.17) is 16.7 Å².